The number of fused-ring (bicyclic) bond motifs is 1. The third-order valence-corrected chi connectivity index (χ3v) is 5.09. The number of anilines is 1. The lowest BCUT2D eigenvalue weighted by Gasteiger charge is -2.37. The van der Waals surface area contributed by atoms with Crippen molar-refractivity contribution in [1.29, 1.82) is 0 Å². The average molecular weight is 401 g/mol. The third kappa shape index (κ3) is 3.96. The third-order valence-electron chi connectivity index (χ3n) is 4.60. The predicted octanol–water partition coefficient (Wildman–Crippen LogP) is 4.88. The van der Waals surface area contributed by atoms with E-state index < -0.39 is 0 Å². The van der Waals surface area contributed by atoms with Crippen LogP contribution in [0.3, 0.4) is 0 Å². The molecule has 0 N–H and O–H groups in total. The molecule has 0 atom stereocenters. The van der Waals surface area contributed by atoms with Crippen LogP contribution in [0.15, 0.2) is 46.9 Å². The second-order valence-corrected chi connectivity index (χ2v) is 8.68. The van der Waals surface area contributed by atoms with Crippen LogP contribution in [0.25, 0.3) is 0 Å². The van der Waals surface area contributed by atoms with Crippen molar-refractivity contribution in [3.8, 4) is 0 Å². The summed E-state index contributed by atoms with van der Waals surface area (Å²) in [6, 6.07) is 14.1. The van der Waals surface area contributed by atoms with Crippen LogP contribution in [0.5, 0.6) is 0 Å². The molecule has 1 aliphatic heterocycles. The predicted molar refractivity (Wildman–Crippen MR) is 107 cm³/mol. The van der Waals surface area contributed by atoms with Crippen LogP contribution in [-0.4, -0.2) is 29.9 Å². The molecule has 3 nitrogen and oxygen atoms in total. The van der Waals surface area contributed by atoms with E-state index in [9.17, 15) is 4.79 Å². The lowest BCUT2D eigenvalue weighted by molar-refractivity contribution is 0.0966. The van der Waals surface area contributed by atoms with Crippen LogP contribution in [0.4, 0.5) is 5.69 Å². The summed E-state index contributed by atoms with van der Waals surface area (Å²) in [5, 5.41) is 0. The summed E-state index contributed by atoms with van der Waals surface area (Å²) in [4.78, 5) is 17.5. The van der Waals surface area contributed by atoms with E-state index in [-0.39, 0.29) is 11.4 Å². The summed E-state index contributed by atoms with van der Waals surface area (Å²) < 4.78 is 0.916. The molecule has 2 aromatic rings. The molecule has 0 spiro atoms. The summed E-state index contributed by atoms with van der Waals surface area (Å²) in [5.41, 5.74) is 4.06. The van der Waals surface area contributed by atoms with Crippen molar-refractivity contribution in [3.63, 3.8) is 0 Å². The van der Waals surface area contributed by atoms with Gasteiger partial charge in [0.05, 0.1) is 0 Å². The van der Waals surface area contributed by atoms with Gasteiger partial charge >= 0.3 is 0 Å². The Morgan fingerprint density at radius 1 is 1.12 bits per heavy atom. The van der Waals surface area contributed by atoms with Gasteiger partial charge in [0.2, 0.25) is 0 Å². The number of hydrogen-bond acceptors (Lipinski definition) is 2. The van der Waals surface area contributed by atoms with Gasteiger partial charge in [-0.1, -0.05) is 28.1 Å². The molecule has 0 radical (unpaired) electrons. The zero-order valence-corrected chi connectivity index (χ0v) is 16.9. The molecule has 0 unspecified atom stereocenters. The second kappa shape index (κ2) is 6.93. The fourth-order valence-electron chi connectivity index (χ4n) is 3.38. The Kier molecular flexibility index (Phi) is 5.03. The van der Waals surface area contributed by atoms with E-state index in [1.807, 2.05) is 29.2 Å². The SMILES string of the molecule is CN1CCc2ccc(N(C(=O)c3cccc(Br)c3)C(C)(C)C)cc2C1. The monoisotopic (exact) mass is 400 g/mol. The van der Waals surface area contributed by atoms with Gasteiger partial charge in [0.25, 0.3) is 5.91 Å². The Bertz CT molecular complexity index is 795. The number of carbonyl (C=O) groups is 1. The molecule has 2 aromatic carbocycles. The van der Waals surface area contributed by atoms with Crippen LogP contribution >= 0.6 is 15.9 Å². The maximum absolute atomic E-state index is 13.3. The number of likely N-dealkylation sites (N-methyl/N-ethyl adjacent to an activating group) is 1. The second-order valence-electron chi connectivity index (χ2n) is 7.76. The average Bonchev–Trinajstić information content (AvgIpc) is 2.53. The number of nitrogens with zero attached hydrogens (tertiary/aromatic N) is 2. The van der Waals surface area contributed by atoms with Crippen LogP contribution in [-0.2, 0) is 13.0 Å². The quantitative estimate of drug-likeness (QED) is 0.716. The molecule has 0 aliphatic carbocycles. The van der Waals surface area contributed by atoms with Gasteiger partial charge in [-0.25, -0.2) is 0 Å². The Hall–Kier alpha value is -1.65. The molecule has 4 heteroatoms. The van der Waals surface area contributed by atoms with Crippen molar-refractivity contribution in [2.24, 2.45) is 0 Å². The summed E-state index contributed by atoms with van der Waals surface area (Å²) in [6.07, 6.45) is 1.07. The highest BCUT2D eigenvalue weighted by molar-refractivity contribution is 9.10. The van der Waals surface area contributed by atoms with E-state index in [1.54, 1.807) is 0 Å². The normalized spacial score (nSPS) is 14.9. The first-order chi connectivity index (χ1) is 11.8. The first-order valence-corrected chi connectivity index (χ1v) is 9.45. The van der Waals surface area contributed by atoms with Gasteiger partial charge in [-0.15, -0.1) is 0 Å². The number of hydrogen-bond donors (Lipinski definition) is 0. The van der Waals surface area contributed by atoms with Crippen molar-refractivity contribution in [2.45, 2.75) is 39.3 Å². The highest BCUT2D eigenvalue weighted by Gasteiger charge is 2.30. The molecule has 1 aliphatic rings. The van der Waals surface area contributed by atoms with E-state index in [2.05, 4.69) is 66.8 Å². The van der Waals surface area contributed by atoms with Gasteiger partial charge in [-0.3, -0.25) is 4.79 Å². The highest BCUT2D eigenvalue weighted by Crippen LogP contribution is 2.30. The van der Waals surface area contributed by atoms with Gasteiger partial charge in [0.15, 0.2) is 0 Å². The van der Waals surface area contributed by atoms with Crippen molar-refractivity contribution in [2.75, 3.05) is 18.5 Å². The van der Waals surface area contributed by atoms with Crippen LogP contribution < -0.4 is 4.90 Å². The molecule has 0 aromatic heterocycles. The minimum absolute atomic E-state index is 0.0258. The van der Waals surface area contributed by atoms with Crippen molar-refractivity contribution in [3.05, 3.63) is 63.6 Å². The maximum atomic E-state index is 13.3. The van der Waals surface area contributed by atoms with E-state index in [4.69, 9.17) is 0 Å². The first-order valence-electron chi connectivity index (χ1n) is 8.66. The molecular weight excluding hydrogens is 376 g/mol. The number of benzene rings is 2. The van der Waals surface area contributed by atoms with Crippen molar-refractivity contribution in [1.82, 2.24) is 4.90 Å². The number of halogens is 1. The number of rotatable bonds is 2. The Labute approximate surface area is 158 Å². The van der Waals surface area contributed by atoms with Gasteiger partial charge in [-0.05, 0) is 75.7 Å². The van der Waals surface area contributed by atoms with E-state index >= 15 is 0 Å². The maximum Gasteiger partial charge on any atom is 0.258 e. The molecule has 1 amide bonds. The largest absolute Gasteiger partial charge is 0.303 e. The van der Waals surface area contributed by atoms with E-state index in [1.165, 1.54) is 11.1 Å². The van der Waals surface area contributed by atoms with Crippen LogP contribution in [0, 0.1) is 0 Å². The Balaban J connectivity index is 2.02. The molecule has 0 saturated heterocycles. The van der Waals surface area contributed by atoms with Crippen LogP contribution in [0.1, 0.15) is 42.3 Å². The number of carbonyl (C=O) groups excluding carboxylic acids is 1. The zero-order chi connectivity index (χ0) is 18.2. The van der Waals surface area contributed by atoms with E-state index in [0.717, 1.165) is 29.7 Å². The molecule has 132 valence electrons. The fraction of sp³-hybridized carbons (Fsp3) is 0.381. The minimum atomic E-state index is -0.311. The smallest absolute Gasteiger partial charge is 0.258 e. The summed E-state index contributed by atoms with van der Waals surface area (Å²) in [5.74, 6) is 0.0258. The molecule has 0 saturated carbocycles. The molecule has 3 rings (SSSR count). The topological polar surface area (TPSA) is 23.6 Å². The standard InChI is InChI=1S/C21H25BrN2O/c1-21(2,3)24(20(25)16-6-5-7-18(22)12-16)19-9-8-15-10-11-23(4)14-17(15)13-19/h5-9,12-13H,10-11,14H2,1-4H3. The lowest BCUT2D eigenvalue weighted by atomic mass is 9.96. The Morgan fingerprint density at radius 3 is 2.56 bits per heavy atom. The van der Waals surface area contributed by atoms with Gasteiger partial charge in [-0.2, -0.15) is 0 Å². The Morgan fingerprint density at radius 2 is 1.88 bits per heavy atom. The van der Waals surface area contributed by atoms with Crippen molar-refractivity contribution >= 4 is 27.5 Å². The molecule has 25 heavy (non-hydrogen) atoms. The molecule has 0 fully saturated rings. The van der Waals surface area contributed by atoms with Crippen molar-refractivity contribution < 1.29 is 4.79 Å². The molecular formula is C21H25BrN2O. The summed E-state index contributed by atoms with van der Waals surface area (Å²) in [7, 11) is 2.14. The van der Waals surface area contributed by atoms with Gasteiger partial charge in [0.1, 0.15) is 0 Å². The highest BCUT2D eigenvalue weighted by atomic mass is 79.9. The first kappa shape index (κ1) is 18.2. The van der Waals surface area contributed by atoms with E-state index in [0.29, 0.717) is 5.56 Å². The fourth-order valence-corrected chi connectivity index (χ4v) is 3.78. The van der Waals surface area contributed by atoms with Crippen LogP contribution in [0.2, 0.25) is 0 Å². The van der Waals surface area contributed by atoms with Gasteiger partial charge < -0.3 is 9.80 Å². The number of amides is 1. The zero-order valence-electron chi connectivity index (χ0n) is 15.3. The minimum Gasteiger partial charge on any atom is -0.303 e. The summed E-state index contributed by atoms with van der Waals surface area (Å²) >= 11 is 3.47. The van der Waals surface area contributed by atoms with Gasteiger partial charge in [0, 0.05) is 34.4 Å². The molecule has 1 heterocycles. The summed E-state index contributed by atoms with van der Waals surface area (Å²) in [6.45, 7) is 8.26. The lowest BCUT2D eigenvalue weighted by Crippen LogP contribution is -2.46. The molecule has 0 bridgehead atoms.